The summed E-state index contributed by atoms with van der Waals surface area (Å²) in [5.74, 6) is 5.55. The zero-order valence-electron chi connectivity index (χ0n) is 16.9. The number of aliphatic hydroxyl groups excluding tert-OH is 1. The first-order chi connectivity index (χ1) is 14.1. The van der Waals surface area contributed by atoms with Crippen molar-refractivity contribution < 1.29 is 14.4 Å². The number of nitrogens with zero attached hydrogens (tertiary/aromatic N) is 2. The molecular weight excluding hydrogens is 384 g/mol. The Balaban J connectivity index is 1.39. The lowest BCUT2D eigenvalue weighted by Gasteiger charge is -2.39. The lowest BCUT2D eigenvalue weighted by molar-refractivity contribution is -0.132. The molecule has 0 radical (unpaired) electrons. The minimum absolute atomic E-state index is 0.246. The predicted molar refractivity (Wildman–Crippen MR) is 113 cm³/mol. The van der Waals surface area contributed by atoms with Crippen molar-refractivity contribution in [3.63, 3.8) is 0 Å². The molecule has 5 nitrogen and oxygen atoms in total. The summed E-state index contributed by atoms with van der Waals surface area (Å²) in [5.41, 5.74) is 4.11. The van der Waals surface area contributed by atoms with Crippen molar-refractivity contribution in [3.8, 4) is 12.0 Å². The molecule has 4 rings (SSSR count). The van der Waals surface area contributed by atoms with E-state index in [9.17, 15) is 4.79 Å². The van der Waals surface area contributed by atoms with Gasteiger partial charge in [0.25, 0.3) is 0 Å². The average Bonchev–Trinajstić information content (AvgIpc) is 3.18. The molecule has 1 N–H and O–H groups in total. The number of carbonyl (C=O) groups is 1. The fraction of sp³-hybridized carbons (Fsp3) is 0.478. The molecule has 1 amide bonds. The third-order valence-electron chi connectivity index (χ3n) is 6.27. The zero-order chi connectivity index (χ0) is 20.4. The molecule has 2 atom stereocenters. The summed E-state index contributed by atoms with van der Waals surface area (Å²) >= 11 is 1.64. The Hall–Kier alpha value is -2.39. The molecule has 1 aromatic carbocycles. The highest BCUT2D eigenvalue weighted by molar-refractivity contribution is 7.99. The maximum atomic E-state index is 13.0. The Morgan fingerprint density at radius 1 is 1.28 bits per heavy atom. The maximum Gasteiger partial charge on any atom is 0.233 e. The minimum Gasteiger partial charge on any atom is -0.462 e. The quantitative estimate of drug-likeness (QED) is 0.751. The van der Waals surface area contributed by atoms with E-state index < -0.39 is 0 Å². The molecule has 2 unspecified atom stereocenters. The number of aromatic nitrogens is 1. The molecule has 2 bridgehead atoms. The number of rotatable bonds is 5. The highest BCUT2D eigenvalue weighted by Gasteiger charge is 2.43. The number of thioether (sulfide) groups is 1. The minimum atomic E-state index is 0.246. The van der Waals surface area contributed by atoms with Gasteiger partial charge < -0.3 is 14.5 Å². The van der Waals surface area contributed by atoms with E-state index in [1.165, 1.54) is 5.56 Å². The fourth-order valence-electron chi connectivity index (χ4n) is 4.89. The van der Waals surface area contributed by atoms with E-state index >= 15 is 0 Å². The van der Waals surface area contributed by atoms with Gasteiger partial charge in [0, 0.05) is 29.0 Å². The van der Waals surface area contributed by atoms with E-state index in [0.29, 0.717) is 23.8 Å². The highest BCUT2D eigenvalue weighted by atomic mass is 32.2. The second-order valence-corrected chi connectivity index (χ2v) is 8.96. The third kappa shape index (κ3) is 4.02. The van der Waals surface area contributed by atoms with Crippen LogP contribution in [0.3, 0.4) is 0 Å². The fourth-order valence-corrected chi connectivity index (χ4v) is 5.93. The van der Waals surface area contributed by atoms with Gasteiger partial charge in [0.1, 0.15) is 11.9 Å². The van der Waals surface area contributed by atoms with Gasteiger partial charge in [-0.15, -0.1) is 11.8 Å². The summed E-state index contributed by atoms with van der Waals surface area (Å²) in [7, 11) is 0. The Bertz CT molecular complexity index is 925. The summed E-state index contributed by atoms with van der Waals surface area (Å²) in [6.07, 6.45) is 6.15. The zero-order valence-corrected chi connectivity index (χ0v) is 17.7. The molecule has 0 saturated carbocycles. The van der Waals surface area contributed by atoms with Crippen LogP contribution in [0.5, 0.6) is 0 Å². The number of fused-ring (bicyclic) bond motifs is 2. The summed E-state index contributed by atoms with van der Waals surface area (Å²) < 4.78 is 5.21. The largest absolute Gasteiger partial charge is 0.462 e. The van der Waals surface area contributed by atoms with Crippen molar-refractivity contribution in [1.82, 2.24) is 10.1 Å². The van der Waals surface area contributed by atoms with Gasteiger partial charge in [0.05, 0.1) is 11.4 Å². The van der Waals surface area contributed by atoms with Gasteiger partial charge in [0.2, 0.25) is 5.91 Å². The Morgan fingerprint density at radius 2 is 2.00 bits per heavy atom. The second-order valence-electron chi connectivity index (χ2n) is 7.97. The van der Waals surface area contributed by atoms with Crippen LogP contribution in [-0.4, -0.2) is 38.9 Å². The van der Waals surface area contributed by atoms with E-state index in [4.69, 9.17) is 9.63 Å². The topological polar surface area (TPSA) is 66.6 Å². The van der Waals surface area contributed by atoms with E-state index in [-0.39, 0.29) is 5.91 Å². The van der Waals surface area contributed by atoms with Gasteiger partial charge in [-0.2, -0.15) is 0 Å². The van der Waals surface area contributed by atoms with Gasteiger partial charge in [-0.05, 0) is 63.0 Å². The van der Waals surface area contributed by atoms with Crippen LogP contribution in [0, 0.1) is 25.9 Å². The monoisotopic (exact) mass is 410 g/mol. The molecule has 0 spiro atoms. The van der Waals surface area contributed by atoms with Crippen molar-refractivity contribution in [2.75, 3.05) is 5.75 Å². The molecule has 2 aromatic rings. The van der Waals surface area contributed by atoms with Crippen LogP contribution in [0.25, 0.3) is 0 Å². The second kappa shape index (κ2) is 8.54. The number of hydrogen-bond donors (Lipinski definition) is 1. The molecule has 2 fully saturated rings. The van der Waals surface area contributed by atoms with Crippen molar-refractivity contribution in [1.29, 1.82) is 0 Å². The molecule has 1 aromatic heterocycles. The molecule has 2 aliphatic heterocycles. The van der Waals surface area contributed by atoms with Gasteiger partial charge in [-0.1, -0.05) is 23.4 Å². The molecule has 2 aliphatic rings. The Labute approximate surface area is 175 Å². The molecular formula is C23H26N2O3S. The summed E-state index contributed by atoms with van der Waals surface area (Å²) in [6, 6.07) is 8.67. The van der Waals surface area contributed by atoms with Crippen LogP contribution in [-0.2, 0) is 10.5 Å². The average molecular weight is 411 g/mol. The molecule has 6 heteroatoms. The lowest BCUT2D eigenvalue weighted by Crippen LogP contribution is -2.46. The summed E-state index contributed by atoms with van der Waals surface area (Å²) in [5, 5.41) is 13.0. The van der Waals surface area contributed by atoms with E-state index in [1.54, 1.807) is 11.8 Å². The van der Waals surface area contributed by atoms with E-state index in [0.717, 1.165) is 54.0 Å². The Morgan fingerprint density at radius 3 is 2.66 bits per heavy atom. The Kier molecular flexibility index (Phi) is 5.86. The van der Waals surface area contributed by atoms with Crippen LogP contribution in [0.4, 0.5) is 0 Å². The number of carbonyl (C=O) groups excluding carboxylic acids is 1. The van der Waals surface area contributed by atoms with Crippen LogP contribution >= 0.6 is 11.8 Å². The van der Waals surface area contributed by atoms with Gasteiger partial charge in [0.15, 0.2) is 0 Å². The normalized spacial score (nSPS) is 23.0. The summed E-state index contributed by atoms with van der Waals surface area (Å²) in [4.78, 5) is 15.1. The SMILES string of the molecule is Cc1noc(C)c1CSCC(=O)N1C2CCC1CC(c1ccccc1C#CO)C2. The predicted octanol–water partition coefficient (Wildman–Crippen LogP) is 4.14. The molecule has 2 saturated heterocycles. The van der Waals surface area contributed by atoms with Crippen molar-refractivity contribution in [3.05, 3.63) is 52.4 Å². The number of benzene rings is 1. The van der Waals surface area contributed by atoms with Crippen molar-refractivity contribution in [2.45, 2.75) is 63.3 Å². The number of aryl methyl sites for hydroxylation is 2. The van der Waals surface area contributed by atoms with Crippen LogP contribution in [0.1, 0.15) is 59.7 Å². The maximum absolute atomic E-state index is 13.0. The highest BCUT2D eigenvalue weighted by Crippen LogP contribution is 2.44. The van der Waals surface area contributed by atoms with E-state index in [1.807, 2.05) is 38.2 Å². The van der Waals surface area contributed by atoms with Crippen LogP contribution < -0.4 is 0 Å². The first-order valence-corrected chi connectivity index (χ1v) is 11.3. The molecule has 3 heterocycles. The van der Waals surface area contributed by atoms with Crippen LogP contribution in [0.15, 0.2) is 28.8 Å². The number of aliphatic hydroxyl groups is 1. The van der Waals surface area contributed by atoms with Crippen molar-refractivity contribution >= 4 is 17.7 Å². The molecule has 29 heavy (non-hydrogen) atoms. The van der Waals surface area contributed by atoms with Gasteiger partial charge >= 0.3 is 0 Å². The molecule has 152 valence electrons. The van der Waals surface area contributed by atoms with E-state index in [2.05, 4.69) is 22.0 Å². The first-order valence-electron chi connectivity index (χ1n) is 10.1. The van der Waals surface area contributed by atoms with Crippen molar-refractivity contribution in [2.24, 2.45) is 0 Å². The van der Waals surface area contributed by atoms with Gasteiger partial charge in [-0.3, -0.25) is 4.79 Å². The number of amides is 1. The smallest absolute Gasteiger partial charge is 0.233 e. The first kappa shape index (κ1) is 19.9. The van der Waals surface area contributed by atoms with Gasteiger partial charge in [-0.25, -0.2) is 0 Å². The number of piperidine rings is 1. The summed E-state index contributed by atoms with van der Waals surface area (Å²) in [6.45, 7) is 3.86. The standard InChI is InChI=1S/C23H26N2O3S/c1-15-22(16(2)28-24-15)13-29-14-23(27)25-19-7-8-20(25)12-18(11-19)21-6-4-3-5-17(21)9-10-26/h3-6,18-20,26H,7-8,11-14H2,1-2H3. The lowest BCUT2D eigenvalue weighted by atomic mass is 9.83. The molecule has 0 aliphatic carbocycles. The van der Waals surface area contributed by atoms with Crippen LogP contribution in [0.2, 0.25) is 0 Å². The third-order valence-corrected chi connectivity index (χ3v) is 7.21. The number of hydrogen-bond acceptors (Lipinski definition) is 5.